The van der Waals surface area contributed by atoms with Crippen LogP contribution >= 0.6 is 0 Å². The first kappa shape index (κ1) is 89.0. The molecule has 0 saturated carbocycles. The van der Waals surface area contributed by atoms with Crippen LogP contribution < -0.4 is 0 Å². The summed E-state index contributed by atoms with van der Waals surface area (Å²) in [5, 5.41) is 9.77. The molecule has 0 aromatic rings. The summed E-state index contributed by atoms with van der Waals surface area (Å²) in [6, 6.07) is 0. The normalized spacial score (nSPS) is 13.3. The molecule has 0 aromatic carbocycles. The van der Waals surface area contributed by atoms with Crippen molar-refractivity contribution < 1.29 is 42.9 Å². The van der Waals surface area contributed by atoms with E-state index in [2.05, 4.69) is 123 Å². The summed E-state index contributed by atoms with van der Waals surface area (Å²) in [6.07, 6.45) is 101. The molecule has 0 bridgehead atoms. The van der Waals surface area contributed by atoms with Gasteiger partial charge in [-0.25, -0.2) is 4.79 Å². The number of allylic oxidation sites excluding steroid dienone is 18. The highest BCUT2D eigenvalue weighted by atomic mass is 16.7. The second-order valence-electron chi connectivity index (χ2n) is 27.3. The molecule has 9 heteroatoms. The predicted octanol–water partition coefficient (Wildman–Crippen LogP) is 24.9. The summed E-state index contributed by atoms with van der Waals surface area (Å²) in [4.78, 5) is 37.7. The number of aliphatic carboxylic acids is 1. The Morgan fingerprint density at radius 3 is 0.925 bits per heavy atom. The van der Waals surface area contributed by atoms with Gasteiger partial charge in [0.15, 0.2) is 6.10 Å². The third kappa shape index (κ3) is 75.2. The van der Waals surface area contributed by atoms with Crippen molar-refractivity contribution in [2.75, 3.05) is 47.5 Å². The van der Waals surface area contributed by atoms with Crippen molar-refractivity contribution in [2.45, 2.75) is 360 Å². The van der Waals surface area contributed by atoms with Crippen LogP contribution in [0, 0.1) is 0 Å². The standard InChI is InChI=1S/C84H147NO8/c1-6-8-10-12-14-16-18-20-22-24-26-28-30-32-34-36-38-39-40-41-42-43-45-46-48-50-52-54-56-58-60-62-64-66-68-70-72-74-81(86)91-78-80(79-92-84(83(88)89)90-77-76-85(3,4)5)93-82(87)75-73-71-69-67-65-63-61-59-57-55-53-51-49-47-44-37-35-33-31-29-27-25-23-21-19-17-15-13-11-9-7-2/h9,11,15,17,21,23-24,26-27,29,33,35,44,47,51,53,57,59,80,84H,6-8,10,12-14,16,18-20,22,25,28,30-32,34,36-43,45-46,48-50,52,54-56,58,60-79H2,1-5H3/p+1/b11-9-,17-15-,23-21-,26-24-,29-27-,35-33-,47-44-,53-51-,59-57-. The van der Waals surface area contributed by atoms with E-state index in [1.165, 1.54) is 205 Å². The molecule has 0 radical (unpaired) electrons. The van der Waals surface area contributed by atoms with Crippen LogP contribution in [-0.2, 0) is 33.3 Å². The van der Waals surface area contributed by atoms with Gasteiger partial charge in [0.05, 0.1) is 34.4 Å². The Morgan fingerprint density at radius 2 is 0.613 bits per heavy atom. The maximum Gasteiger partial charge on any atom is 0.361 e. The number of nitrogens with zero attached hydrogens (tertiary/aromatic N) is 1. The number of rotatable bonds is 72. The van der Waals surface area contributed by atoms with Gasteiger partial charge in [-0.15, -0.1) is 0 Å². The number of carboxylic acids is 1. The molecular formula is C84H148NO8+. The van der Waals surface area contributed by atoms with Gasteiger partial charge in [0.1, 0.15) is 13.2 Å². The van der Waals surface area contributed by atoms with Crippen LogP contribution in [0.4, 0.5) is 0 Å². The lowest BCUT2D eigenvalue weighted by Crippen LogP contribution is -2.40. The Kier molecular flexibility index (Phi) is 70.5. The molecule has 2 unspecified atom stereocenters. The van der Waals surface area contributed by atoms with Gasteiger partial charge in [-0.2, -0.15) is 0 Å². The minimum absolute atomic E-state index is 0.181. The fraction of sp³-hybridized carbons (Fsp3) is 0.750. The van der Waals surface area contributed by atoms with Crippen molar-refractivity contribution in [1.82, 2.24) is 0 Å². The molecule has 0 aliphatic heterocycles. The second kappa shape index (κ2) is 73.8. The molecule has 0 spiro atoms. The molecule has 1 N–H and O–H groups in total. The van der Waals surface area contributed by atoms with Crippen LogP contribution in [-0.4, -0.2) is 87.4 Å². The molecular weight excluding hydrogens is 1150 g/mol. The van der Waals surface area contributed by atoms with E-state index in [4.69, 9.17) is 18.9 Å². The van der Waals surface area contributed by atoms with Gasteiger partial charge in [-0.05, 0) is 103 Å². The maximum absolute atomic E-state index is 13.0. The topological polar surface area (TPSA) is 108 Å². The molecule has 536 valence electrons. The molecule has 0 aliphatic carbocycles. The van der Waals surface area contributed by atoms with Gasteiger partial charge in [0.25, 0.3) is 6.29 Å². The quantitative estimate of drug-likeness (QED) is 0.0211. The number of carboxylic acid groups (broad SMARTS) is 1. The Morgan fingerprint density at radius 1 is 0.333 bits per heavy atom. The van der Waals surface area contributed by atoms with E-state index in [0.29, 0.717) is 23.9 Å². The zero-order chi connectivity index (χ0) is 67.5. The third-order valence-corrected chi connectivity index (χ3v) is 17.0. The van der Waals surface area contributed by atoms with Gasteiger partial charge in [0.2, 0.25) is 0 Å². The largest absolute Gasteiger partial charge is 0.477 e. The number of quaternary nitrogens is 1. The highest BCUT2D eigenvalue weighted by Gasteiger charge is 2.25. The van der Waals surface area contributed by atoms with E-state index in [1.54, 1.807) is 0 Å². The minimum Gasteiger partial charge on any atom is -0.477 e. The van der Waals surface area contributed by atoms with Gasteiger partial charge in [-0.1, -0.05) is 342 Å². The monoisotopic (exact) mass is 1300 g/mol. The van der Waals surface area contributed by atoms with Gasteiger partial charge >= 0.3 is 17.9 Å². The second-order valence-corrected chi connectivity index (χ2v) is 27.3. The summed E-state index contributed by atoms with van der Waals surface area (Å²) < 4.78 is 23.0. The lowest BCUT2D eigenvalue weighted by atomic mass is 10.0. The van der Waals surface area contributed by atoms with Gasteiger partial charge in [-0.3, -0.25) is 9.59 Å². The first-order valence-corrected chi connectivity index (χ1v) is 39.1. The van der Waals surface area contributed by atoms with Crippen LogP contribution in [0.5, 0.6) is 0 Å². The summed E-state index contributed by atoms with van der Waals surface area (Å²) in [5.74, 6) is -2.02. The van der Waals surface area contributed by atoms with Gasteiger partial charge in [0, 0.05) is 12.8 Å². The summed E-state index contributed by atoms with van der Waals surface area (Å²) in [5.41, 5.74) is 0. The van der Waals surface area contributed by atoms with Crippen LogP contribution in [0.3, 0.4) is 0 Å². The van der Waals surface area contributed by atoms with Crippen molar-refractivity contribution >= 4 is 17.9 Å². The molecule has 93 heavy (non-hydrogen) atoms. The molecule has 0 fully saturated rings. The molecule has 9 nitrogen and oxygen atoms in total. The van der Waals surface area contributed by atoms with E-state index in [9.17, 15) is 19.5 Å². The number of carbonyl (C=O) groups is 3. The van der Waals surface area contributed by atoms with Crippen LogP contribution in [0.25, 0.3) is 0 Å². The summed E-state index contributed by atoms with van der Waals surface area (Å²) in [6.45, 7) is 4.78. The van der Waals surface area contributed by atoms with Crippen molar-refractivity contribution in [1.29, 1.82) is 0 Å². The van der Waals surface area contributed by atoms with Crippen molar-refractivity contribution in [2.24, 2.45) is 0 Å². The Bertz CT molecular complexity index is 1900. The number of unbranched alkanes of at least 4 members (excludes halogenated alkanes) is 39. The van der Waals surface area contributed by atoms with E-state index in [1.807, 2.05) is 21.1 Å². The SMILES string of the molecule is CC/C=C\C/C=C\C/C=C\C/C=C\C/C=C\C/C=C\C/C=C\C/C=C\CCCCCCCCC(=O)OC(COC(=O)CCCCCCCCCCCCCCCCCCCCCCCCCCC/C=C\CCCCCCCCCC)COC(OCC[N+](C)(C)C)C(=O)O. The highest BCUT2D eigenvalue weighted by molar-refractivity contribution is 5.71. The fourth-order valence-corrected chi connectivity index (χ4v) is 11.1. The first-order valence-electron chi connectivity index (χ1n) is 39.1. The van der Waals surface area contributed by atoms with E-state index in [0.717, 1.165) is 109 Å². The number of hydrogen-bond donors (Lipinski definition) is 1. The van der Waals surface area contributed by atoms with E-state index in [-0.39, 0.29) is 32.2 Å². The minimum atomic E-state index is -1.52. The van der Waals surface area contributed by atoms with Crippen molar-refractivity contribution in [3.63, 3.8) is 0 Å². The molecule has 0 heterocycles. The number of hydrogen-bond acceptors (Lipinski definition) is 7. The summed E-state index contributed by atoms with van der Waals surface area (Å²) in [7, 11) is 5.98. The Hall–Kier alpha value is -4.05. The number of carbonyl (C=O) groups excluding carboxylic acids is 2. The van der Waals surface area contributed by atoms with Crippen LogP contribution in [0.2, 0.25) is 0 Å². The number of esters is 2. The maximum atomic E-state index is 13.0. The van der Waals surface area contributed by atoms with Crippen LogP contribution in [0.1, 0.15) is 348 Å². The van der Waals surface area contributed by atoms with Crippen LogP contribution in [0.15, 0.2) is 109 Å². The zero-order valence-corrected chi connectivity index (χ0v) is 61.4. The highest BCUT2D eigenvalue weighted by Crippen LogP contribution is 2.18. The Labute approximate surface area is 575 Å². The number of likely N-dealkylation sites (N-methyl/N-ethyl adjacent to an activating group) is 1. The average molecular weight is 1300 g/mol. The van der Waals surface area contributed by atoms with E-state index < -0.39 is 24.3 Å². The first-order chi connectivity index (χ1) is 45.6. The van der Waals surface area contributed by atoms with Gasteiger partial charge < -0.3 is 28.5 Å². The molecule has 0 aliphatic rings. The molecule has 0 aromatic heterocycles. The van der Waals surface area contributed by atoms with Crippen molar-refractivity contribution in [3.8, 4) is 0 Å². The molecule has 2 atom stereocenters. The predicted molar refractivity (Wildman–Crippen MR) is 401 cm³/mol. The molecule has 0 rings (SSSR count). The lowest BCUT2D eigenvalue weighted by Gasteiger charge is -2.25. The molecule has 0 amide bonds. The molecule has 0 saturated heterocycles. The lowest BCUT2D eigenvalue weighted by molar-refractivity contribution is -0.870. The smallest absolute Gasteiger partial charge is 0.361 e. The number of ether oxygens (including phenoxy) is 4. The average Bonchev–Trinajstić information content (AvgIpc) is 3.38. The third-order valence-electron chi connectivity index (χ3n) is 17.0. The fourth-order valence-electron chi connectivity index (χ4n) is 11.1. The van der Waals surface area contributed by atoms with Crippen molar-refractivity contribution in [3.05, 3.63) is 109 Å². The zero-order valence-electron chi connectivity index (χ0n) is 61.4. The Balaban J connectivity index is 4.06. The summed E-state index contributed by atoms with van der Waals surface area (Å²) >= 11 is 0. The van der Waals surface area contributed by atoms with E-state index >= 15 is 0 Å².